The molecule has 0 aliphatic carbocycles. The van der Waals surface area contributed by atoms with Crippen molar-refractivity contribution in [2.24, 2.45) is 4.99 Å². The fourth-order valence-corrected chi connectivity index (χ4v) is 2.74. The number of rotatable bonds is 9. The lowest BCUT2D eigenvalue weighted by molar-refractivity contribution is 0.178. The van der Waals surface area contributed by atoms with Gasteiger partial charge in [-0.3, -0.25) is 4.90 Å². The molecule has 142 valence electrons. The van der Waals surface area contributed by atoms with Crippen molar-refractivity contribution in [3.8, 4) is 5.75 Å². The quantitative estimate of drug-likeness (QED) is 0.530. The van der Waals surface area contributed by atoms with Gasteiger partial charge in [-0.2, -0.15) is 0 Å². The van der Waals surface area contributed by atoms with Crippen molar-refractivity contribution in [2.45, 2.75) is 53.2 Å². The van der Waals surface area contributed by atoms with Crippen LogP contribution in [-0.2, 0) is 6.54 Å². The molecule has 0 saturated heterocycles. The molecule has 5 nitrogen and oxygen atoms in total. The van der Waals surface area contributed by atoms with Gasteiger partial charge in [-0.25, -0.2) is 9.38 Å². The minimum Gasteiger partial charge on any atom is -0.494 e. The second kappa shape index (κ2) is 10.9. The first-order valence-electron chi connectivity index (χ1n) is 8.99. The molecule has 0 atom stereocenters. The third kappa shape index (κ3) is 7.30. The van der Waals surface area contributed by atoms with E-state index in [2.05, 4.69) is 48.2 Å². The van der Waals surface area contributed by atoms with E-state index >= 15 is 0 Å². The van der Waals surface area contributed by atoms with Crippen LogP contribution < -0.4 is 15.4 Å². The second-order valence-corrected chi connectivity index (χ2v) is 6.52. The summed E-state index contributed by atoms with van der Waals surface area (Å²) in [6, 6.07) is 5.93. The third-order valence-electron chi connectivity index (χ3n) is 3.97. The fraction of sp³-hybridized carbons (Fsp3) is 0.632. The highest BCUT2D eigenvalue weighted by Crippen LogP contribution is 2.18. The van der Waals surface area contributed by atoms with Crippen LogP contribution in [0.3, 0.4) is 0 Å². The largest absolute Gasteiger partial charge is 0.494 e. The lowest BCUT2D eigenvalue weighted by Crippen LogP contribution is -2.45. The van der Waals surface area contributed by atoms with Crippen molar-refractivity contribution in [1.29, 1.82) is 0 Å². The number of aliphatic imine (C=N–C) groups is 1. The van der Waals surface area contributed by atoms with E-state index in [0.29, 0.717) is 18.6 Å². The van der Waals surface area contributed by atoms with E-state index < -0.39 is 0 Å². The summed E-state index contributed by atoms with van der Waals surface area (Å²) in [4.78, 5) is 6.96. The van der Waals surface area contributed by atoms with Crippen LogP contribution in [-0.4, -0.2) is 49.7 Å². The molecular weight excluding hydrogens is 319 g/mol. The summed E-state index contributed by atoms with van der Waals surface area (Å²) in [6.07, 6.45) is 0. The van der Waals surface area contributed by atoms with Crippen molar-refractivity contribution >= 4 is 5.96 Å². The summed E-state index contributed by atoms with van der Waals surface area (Å²) < 4.78 is 18.7. The first-order valence-corrected chi connectivity index (χ1v) is 8.99. The molecule has 1 aromatic rings. The molecule has 2 N–H and O–H groups in total. The summed E-state index contributed by atoms with van der Waals surface area (Å²) in [5, 5.41) is 6.57. The lowest BCUT2D eigenvalue weighted by Gasteiger charge is -2.30. The molecule has 0 bridgehead atoms. The van der Waals surface area contributed by atoms with Gasteiger partial charge < -0.3 is 15.4 Å². The van der Waals surface area contributed by atoms with Crippen LogP contribution in [0.1, 0.15) is 40.2 Å². The Kier molecular flexibility index (Phi) is 9.27. The van der Waals surface area contributed by atoms with Gasteiger partial charge in [0.05, 0.1) is 13.7 Å². The van der Waals surface area contributed by atoms with E-state index in [1.54, 1.807) is 6.07 Å². The molecule has 0 aliphatic rings. The molecule has 0 amide bonds. The van der Waals surface area contributed by atoms with Crippen molar-refractivity contribution in [3.05, 3.63) is 29.6 Å². The fourth-order valence-electron chi connectivity index (χ4n) is 2.74. The monoisotopic (exact) mass is 352 g/mol. The van der Waals surface area contributed by atoms with Crippen LogP contribution in [0.4, 0.5) is 4.39 Å². The number of guanidine groups is 1. The highest BCUT2D eigenvalue weighted by Gasteiger charge is 2.12. The zero-order valence-electron chi connectivity index (χ0n) is 16.4. The average molecular weight is 352 g/mol. The van der Waals surface area contributed by atoms with Crippen molar-refractivity contribution in [1.82, 2.24) is 15.5 Å². The van der Waals surface area contributed by atoms with Gasteiger partial charge in [0.15, 0.2) is 17.5 Å². The van der Waals surface area contributed by atoms with Gasteiger partial charge in [-0.1, -0.05) is 6.07 Å². The molecule has 0 saturated carbocycles. The molecule has 1 aromatic carbocycles. The van der Waals surface area contributed by atoms with Crippen LogP contribution in [0.5, 0.6) is 5.75 Å². The summed E-state index contributed by atoms with van der Waals surface area (Å²) in [6.45, 7) is 13.8. The van der Waals surface area contributed by atoms with Crippen LogP contribution >= 0.6 is 0 Å². The highest BCUT2D eigenvalue weighted by molar-refractivity contribution is 5.79. The topological polar surface area (TPSA) is 48.9 Å². The van der Waals surface area contributed by atoms with Crippen molar-refractivity contribution in [3.63, 3.8) is 0 Å². The first kappa shape index (κ1) is 21.2. The van der Waals surface area contributed by atoms with Gasteiger partial charge in [-0.05, 0) is 52.3 Å². The maximum absolute atomic E-state index is 13.8. The zero-order valence-corrected chi connectivity index (χ0v) is 16.4. The Morgan fingerprint density at radius 3 is 2.40 bits per heavy atom. The maximum Gasteiger partial charge on any atom is 0.191 e. The number of benzene rings is 1. The zero-order chi connectivity index (χ0) is 18.8. The number of hydrogen-bond donors (Lipinski definition) is 2. The predicted octanol–water partition coefficient (Wildman–Crippen LogP) is 3.01. The SMILES string of the molecule is CCNC(=NCc1ccc(OC)c(F)c1)NCCN(C(C)C)C(C)C. The van der Waals surface area contributed by atoms with Gasteiger partial charge in [0.2, 0.25) is 0 Å². The first-order chi connectivity index (χ1) is 11.9. The van der Waals surface area contributed by atoms with E-state index in [1.807, 2.05) is 13.0 Å². The molecule has 0 spiro atoms. The van der Waals surface area contributed by atoms with Gasteiger partial charge >= 0.3 is 0 Å². The normalized spacial score (nSPS) is 12.2. The van der Waals surface area contributed by atoms with Gasteiger partial charge in [0, 0.05) is 31.7 Å². The molecule has 0 heterocycles. The highest BCUT2D eigenvalue weighted by atomic mass is 19.1. The van der Waals surface area contributed by atoms with Crippen molar-refractivity contribution in [2.75, 3.05) is 26.7 Å². The second-order valence-electron chi connectivity index (χ2n) is 6.52. The molecular formula is C19H33FN4O. The van der Waals surface area contributed by atoms with Gasteiger partial charge in [-0.15, -0.1) is 0 Å². The third-order valence-corrected chi connectivity index (χ3v) is 3.97. The predicted molar refractivity (Wildman–Crippen MR) is 103 cm³/mol. The van der Waals surface area contributed by atoms with Crippen molar-refractivity contribution < 1.29 is 9.13 Å². The summed E-state index contributed by atoms with van der Waals surface area (Å²) in [5.41, 5.74) is 0.807. The molecule has 1 rings (SSSR count). The smallest absolute Gasteiger partial charge is 0.191 e. The Bertz CT molecular complexity index is 538. The molecule has 6 heteroatoms. The summed E-state index contributed by atoms with van der Waals surface area (Å²) in [5.74, 6) is 0.629. The molecule has 0 fully saturated rings. The molecule has 0 aliphatic heterocycles. The minimum absolute atomic E-state index is 0.250. The number of methoxy groups -OCH3 is 1. The van der Waals surface area contributed by atoms with Crippen LogP contribution in [0, 0.1) is 5.82 Å². The maximum atomic E-state index is 13.8. The minimum atomic E-state index is -0.363. The standard InChI is InChI=1S/C19H33FN4O/c1-7-21-19(22-10-11-24(14(2)3)15(4)5)23-13-16-8-9-18(25-6)17(20)12-16/h8-9,12,14-15H,7,10-11,13H2,1-6H3,(H2,21,22,23). The van der Waals surface area contributed by atoms with E-state index in [4.69, 9.17) is 4.74 Å². The molecule has 0 radical (unpaired) electrons. The Morgan fingerprint density at radius 2 is 1.88 bits per heavy atom. The lowest BCUT2D eigenvalue weighted by atomic mass is 10.2. The van der Waals surface area contributed by atoms with Gasteiger partial charge in [0.25, 0.3) is 0 Å². The molecule has 0 aromatic heterocycles. The number of hydrogen-bond acceptors (Lipinski definition) is 3. The van der Waals surface area contributed by atoms with Crippen LogP contribution in [0.25, 0.3) is 0 Å². The van der Waals surface area contributed by atoms with E-state index in [-0.39, 0.29) is 11.6 Å². The van der Waals surface area contributed by atoms with E-state index in [1.165, 1.54) is 13.2 Å². The van der Waals surface area contributed by atoms with Gasteiger partial charge in [0.1, 0.15) is 0 Å². The number of ether oxygens (including phenoxy) is 1. The Morgan fingerprint density at radius 1 is 1.20 bits per heavy atom. The Balaban J connectivity index is 2.63. The summed E-state index contributed by atoms with van der Waals surface area (Å²) in [7, 11) is 1.46. The molecule has 25 heavy (non-hydrogen) atoms. The molecule has 0 unspecified atom stereocenters. The number of nitrogens with one attached hydrogen (secondary N) is 2. The van der Waals surface area contributed by atoms with E-state index in [0.717, 1.165) is 31.2 Å². The Hall–Kier alpha value is -1.82. The average Bonchev–Trinajstić information content (AvgIpc) is 2.55. The van der Waals surface area contributed by atoms with Crippen LogP contribution in [0.15, 0.2) is 23.2 Å². The number of halogens is 1. The summed E-state index contributed by atoms with van der Waals surface area (Å²) >= 11 is 0. The van der Waals surface area contributed by atoms with E-state index in [9.17, 15) is 4.39 Å². The van der Waals surface area contributed by atoms with Crippen LogP contribution in [0.2, 0.25) is 0 Å². The Labute approximate surface area is 151 Å². The number of nitrogens with zero attached hydrogens (tertiary/aromatic N) is 2.